The molecule has 1 aromatic carbocycles. The Hall–Kier alpha value is -1.51. The van der Waals surface area contributed by atoms with Gasteiger partial charge in [0.25, 0.3) is 0 Å². The van der Waals surface area contributed by atoms with E-state index in [0.29, 0.717) is 6.61 Å². The fourth-order valence-corrected chi connectivity index (χ4v) is 2.02. The predicted octanol–water partition coefficient (Wildman–Crippen LogP) is 2.36. The lowest BCUT2D eigenvalue weighted by atomic mass is 10.1. The largest absolute Gasteiger partial charge is 0.496 e. The van der Waals surface area contributed by atoms with Crippen LogP contribution in [0.4, 0.5) is 0 Å². The summed E-state index contributed by atoms with van der Waals surface area (Å²) in [5.41, 5.74) is 1.11. The van der Waals surface area contributed by atoms with Gasteiger partial charge in [-0.2, -0.15) is 0 Å². The van der Waals surface area contributed by atoms with E-state index < -0.39 is 0 Å². The maximum atomic E-state index is 11.5. The van der Waals surface area contributed by atoms with Crippen LogP contribution in [0.25, 0.3) is 0 Å². The molecule has 86 valence electrons. The monoisotopic (exact) mass is 220 g/mol. The molecule has 0 bridgehead atoms. The van der Waals surface area contributed by atoms with Crippen molar-refractivity contribution in [3.05, 3.63) is 29.8 Å². The number of esters is 1. The Bertz CT molecular complexity index is 387. The van der Waals surface area contributed by atoms with Crippen LogP contribution in [0.3, 0.4) is 0 Å². The summed E-state index contributed by atoms with van der Waals surface area (Å²) in [7, 11) is 1.65. The molecular formula is C13H16O3. The number of rotatable bonds is 4. The van der Waals surface area contributed by atoms with Crippen molar-refractivity contribution in [3.8, 4) is 5.75 Å². The fourth-order valence-electron chi connectivity index (χ4n) is 2.02. The number of carbonyl (C=O) groups is 1. The first kappa shape index (κ1) is 11.0. The van der Waals surface area contributed by atoms with Gasteiger partial charge in [-0.05, 0) is 25.0 Å². The number of ether oxygens (including phenoxy) is 2. The van der Waals surface area contributed by atoms with Crippen molar-refractivity contribution >= 4 is 5.97 Å². The Morgan fingerprint density at radius 1 is 1.44 bits per heavy atom. The standard InChI is InChI=1S/C13H16O3/c1-3-16-13(14)11-8-10(11)9-6-4-5-7-12(9)15-2/h4-7,10-11H,3,8H2,1-2H3/t10-,11-/m1/s1. The predicted molar refractivity (Wildman–Crippen MR) is 60.5 cm³/mol. The summed E-state index contributed by atoms with van der Waals surface area (Å²) in [6, 6.07) is 7.85. The molecule has 0 N–H and O–H groups in total. The van der Waals surface area contributed by atoms with Gasteiger partial charge in [-0.1, -0.05) is 18.2 Å². The maximum Gasteiger partial charge on any atom is 0.309 e. The SMILES string of the molecule is CCOC(=O)[C@@H]1C[C@@H]1c1ccccc1OC. The van der Waals surface area contributed by atoms with Crippen LogP contribution in [0, 0.1) is 5.92 Å². The van der Waals surface area contributed by atoms with Crippen LogP contribution in [0.1, 0.15) is 24.8 Å². The topological polar surface area (TPSA) is 35.5 Å². The lowest BCUT2D eigenvalue weighted by Crippen LogP contribution is -2.07. The summed E-state index contributed by atoms with van der Waals surface area (Å²) < 4.78 is 10.3. The first-order chi connectivity index (χ1) is 7.77. The third-order valence-corrected chi connectivity index (χ3v) is 2.92. The quantitative estimate of drug-likeness (QED) is 0.731. The second-order valence-electron chi connectivity index (χ2n) is 3.94. The highest BCUT2D eigenvalue weighted by Gasteiger charge is 2.46. The summed E-state index contributed by atoms with van der Waals surface area (Å²) in [5, 5.41) is 0. The van der Waals surface area contributed by atoms with Crippen molar-refractivity contribution in [1.29, 1.82) is 0 Å². The molecule has 1 fully saturated rings. The molecule has 0 spiro atoms. The van der Waals surface area contributed by atoms with Gasteiger partial charge in [0.2, 0.25) is 0 Å². The van der Waals surface area contributed by atoms with Gasteiger partial charge in [0, 0.05) is 5.92 Å². The average molecular weight is 220 g/mol. The molecule has 0 radical (unpaired) electrons. The molecule has 2 rings (SSSR count). The van der Waals surface area contributed by atoms with E-state index in [1.54, 1.807) is 7.11 Å². The number of hydrogen-bond acceptors (Lipinski definition) is 3. The van der Waals surface area contributed by atoms with Crippen LogP contribution in [-0.2, 0) is 9.53 Å². The summed E-state index contributed by atoms with van der Waals surface area (Å²) in [4.78, 5) is 11.5. The minimum absolute atomic E-state index is 0.0243. The van der Waals surface area contributed by atoms with Crippen LogP contribution in [0.2, 0.25) is 0 Å². The van der Waals surface area contributed by atoms with E-state index in [2.05, 4.69) is 0 Å². The average Bonchev–Trinajstić information content (AvgIpc) is 3.09. The van der Waals surface area contributed by atoms with Gasteiger partial charge in [-0.25, -0.2) is 0 Å². The van der Waals surface area contributed by atoms with E-state index >= 15 is 0 Å². The normalized spacial score (nSPS) is 22.6. The van der Waals surface area contributed by atoms with Gasteiger partial charge in [0.05, 0.1) is 19.6 Å². The van der Waals surface area contributed by atoms with Gasteiger partial charge in [0.1, 0.15) is 5.75 Å². The first-order valence-electron chi connectivity index (χ1n) is 5.57. The van der Waals surface area contributed by atoms with Gasteiger partial charge in [0.15, 0.2) is 0 Å². The van der Waals surface area contributed by atoms with E-state index in [4.69, 9.17) is 9.47 Å². The van der Waals surface area contributed by atoms with Crippen molar-refractivity contribution in [3.63, 3.8) is 0 Å². The highest BCUT2D eigenvalue weighted by atomic mass is 16.5. The zero-order valence-corrected chi connectivity index (χ0v) is 9.60. The molecule has 3 heteroatoms. The molecule has 0 aliphatic heterocycles. The number of para-hydroxylation sites is 1. The Balaban J connectivity index is 2.08. The van der Waals surface area contributed by atoms with Crippen molar-refractivity contribution in [1.82, 2.24) is 0 Å². The lowest BCUT2D eigenvalue weighted by Gasteiger charge is -2.07. The molecule has 1 saturated carbocycles. The third kappa shape index (κ3) is 2.03. The van der Waals surface area contributed by atoms with Crippen molar-refractivity contribution < 1.29 is 14.3 Å². The molecular weight excluding hydrogens is 204 g/mol. The van der Waals surface area contributed by atoms with E-state index in [1.807, 2.05) is 31.2 Å². The number of methoxy groups -OCH3 is 1. The Kier molecular flexibility index (Phi) is 3.13. The van der Waals surface area contributed by atoms with Crippen molar-refractivity contribution in [2.24, 2.45) is 5.92 Å². The summed E-state index contributed by atoms with van der Waals surface area (Å²) >= 11 is 0. The van der Waals surface area contributed by atoms with Crippen LogP contribution in [0.5, 0.6) is 5.75 Å². The molecule has 0 heterocycles. The zero-order chi connectivity index (χ0) is 11.5. The minimum Gasteiger partial charge on any atom is -0.496 e. The van der Waals surface area contributed by atoms with Gasteiger partial charge >= 0.3 is 5.97 Å². The maximum absolute atomic E-state index is 11.5. The number of benzene rings is 1. The molecule has 3 nitrogen and oxygen atoms in total. The Labute approximate surface area is 95.4 Å². The van der Waals surface area contributed by atoms with Crippen molar-refractivity contribution in [2.75, 3.05) is 13.7 Å². The smallest absolute Gasteiger partial charge is 0.309 e. The Morgan fingerprint density at radius 3 is 2.88 bits per heavy atom. The van der Waals surface area contributed by atoms with Crippen LogP contribution in [0.15, 0.2) is 24.3 Å². The highest BCUT2D eigenvalue weighted by Crippen LogP contribution is 2.50. The Morgan fingerprint density at radius 2 is 2.19 bits per heavy atom. The number of hydrogen-bond donors (Lipinski definition) is 0. The van der Waals surface area contributed by atoms with E-state index in [1.165, 1.54) is 0 Å². The van der Waals surface area contributed by atoms with Crippen LogP contribution in [-0.4, -0.2) is 19.7 Å². The first-order valence-corrected chi connectivity index (χ1v) is 5.57. The molecule has 0 unspecified atom stereocenters. The fraction of sp³-hybridized carbons (Fsp3) is 0.462. The lowest BCUT2D eigenvalue weighted by molar-refractivity contribution is -0.144. The van der Waals surface area contributed by atoms with Crippen LogP contribution < -0.4 is 4.74 Å². The minimum atomic E-state index is -0.0848. The third-order valence-electron chi connectivity index (χ3n) is 2.92. The second kappa shape index (κ2) is 4.56. The van der Waals surface area contributed by atoms with Gasteiger partial charge in [-0.15, -0.1) is 0 Å². The van der Waals surface area contributed by atoms with E-state index in [0.717, 1.165) is 17.7 Å². The van der Waals surface area contributed by atoms with Crippen LogP contribution >= 0.6 is 0 Å². The number of carbonyl (C=O) groups excluding carboxylic acids is 1. The molecule has 0 saturated heterocycles. The van der Waals surface area contributed by atoms with Gasteiger partial charge in [-0.3, -0.25) is 4.79 Å². The summed E-state index contributed by atoms with van der Waals surface area (Å²) in [6.45, 7) is 2.28. The van der Waals surface area contributed by atoms with Gasteiger partial charge < -0.3 is 9.47 Å². The second-order valence-corrected chi connectivity index (χ2v) is 3.94. The van der Waals surface area contributed by atoms with Crippen molar-refractivity contribution in [2.45, 2.75) is 19.3 Å². The molecule has 2 atom stereocenters. The summed E-state index contributed by atoms with van der Waals surface area (Å²) in [5.74, 6) is 1.07. The van der Waals surface area contributed by atoms with E-state index in [9.17, 15) is 4.79 Å². The molecule has 1 aliphatic rings. The summed E-state index contributed by atoms with van der Waals surface area (Å²) in [6.07, 6.45) is 0.874. The van der Waals surface area contributed by atoms with E-state index in [-0.39, 0.29) is 17.8 Å². The molecule has 16 heavy (non-hydrogen) atoms. The zero-order valence-electron chi connectivity index (χ0n) is 9.60. The molecule has 1 aliphatic carbocycles. The highest BCUT2D eigenvalue weighted by molar-refractivity contribution is 5.77. The molecule has 0 amide bonds. The molecule has 0 aromatic heterocycles. The molecule has 1 aromatic rings.